The lowest BCUT2D eigenvalue weighted by atomic mass is 9.95. The normalized spacial score (nSPS) is 21.2. The van der Waals surface area contributed by atoms with Gasteiger partial charge in [0, 0.05) is 17.6 Å². The zero-order valence-corrected chi connectivity index (χ0v) is 13.5. The quantitative estimate of drug-likeness (QED) is 0.800. The molecule has 2 aromatic rings. The lowest BCUT2D eigenvalue weighted by Crippen LogP contribution is -2.47. The number of benzene rings is 1. The molecule has 0 N–H and O–H groups in total. The Kier molecular flexibility index (Phi) is 4.33. The highest BCUT2D eigenvalue weighted by Gasteiger charge is 2.31. The fourth-order valence-corrected chi connectivity index (χ4v) is 3.41. The first-order valence-corrected chi connectivity index (χ1v) is 8.09. The first-order valence-electron chi connectivity index (χ1n) is 8.09. The van der Waals surface area contributed by atoms with Crippen LogP contribution in [0.1, 0.15) is 54.0 Å². The average molecular weight is 311 g/mol. The van der Waals surface area contributed by atoms with E-state index in [2.05, 4.69) is 13.8 Å². The maximum absolute atomic E-state index is 13.1. The van der Waals surface area contributed by atoms with Gasteiger partial charge in [0.15, 0.2) is 12.0 Å². The molecule has 1 aromatic carbocycles. The van der Waals surface area contributed by atoms with Gasteiger partial charge in [-0.2, -0.15) is 0 Å². The van der Waals surface area contributed by atoms with Gasteiger partial charge >= 0.3 is 0 Å². The SMILES string of the molecule is CC1CCCC(C)N1C(=O)c1ccccc1-c1ccc(C=O)o1. The first-order chi connectivity index (χ1) is 11.1. The van der Waals surface area contributed by atoms with Crippen LogP contribution in [0.5, 0.6) is 0 Å². The number of hydrogen-bond donors (Lipinski definition) is 0. The van der Waals surface area contributed by atoms with Crippen LogP contribution in [0.25, 0.3) is 11.3 Å². The first kappa shape index (κ1) is 15.5. The molecule has 0 saturated carbocycles. The number of piperidine rings is 1. The molecule has 0 aliphatic carbocycles. The minimum absolute atomic E-state index is 0.0318. The van der Waals surface area contributed by atoms with Gasteiger partial charge in [0.2, 0.25) is 0 Å². The largest absolute Gasteiger partial charge is 0.453 e. The van der Waals surface area contributed by atoms with Crippen molar-refractivity contribution in [2.24, 2.45) is 0 Å². The Balaban J connectivity index is 1.99. The molecule has 120 valence electrons. The van der Waals surface area contributed by atoms with Crippen molar-refractivity contribution in [2.75, 3.05) is 0 Å². The van der Waals surface area contributed by atoms with Gasteiger partial charge in [-0.15, -0.1) is 0 Å². The average Bonchev–Trinajstić information content (AvgIpc) is 3.03. The maximum Gasteiger partial charge on any atom is 0.255 e. The Hall–Kier alpha value is -2.36. The van der Waals surface area contributed by atoms with E-state index in [0.717, 1.165) is 24.8 Å². The van der Waals surface area contributed by atoms with Crippen molar-refractivity contribution < 1.29 is 14.0 Å². The molecule has 3 rings (SSSR count). The second kappa shape index (κ2) is 6.41. The predicted molar refractivity (Wildman–Crippen MR) is 88.5 cm³/mol. The van der Waals surface area contributed by atoms with Crippen molar-refractivity contribution in [1.82, 2.24) is 4.90 Å². The monoisotopic (exact) mass is 311 g/mol. The number of aldehydes is 1. The van der Waals surface area contributed by atoms with Crippen LogP contribution in [0, 0.1) is 0 Å². The van der Waals surface area contributed by atoms with Crippen LogP contribution in [0.15, 0.2) is 40.8 Å². The Morgan fingerprint density at radius 1 is 1.13 bits per heavy atom. The Morgan fingerprint density at radius 3 is 2.48 bits per heavy atom. The molecule has 23 heavy (non-hydrogen) atoms. The summed E-state index contributed by atoms with van der Waals surface area (Å²) in [5.41, 5.74) is 1.36. The van der Waals surface area contributed by atoms with Crippen molar-refractivity contribution in [3.63, 3.8) is 0 Å². The fourth-order valence-electron chi connectivity index (χ4n) is 3.41. The number of hydrogen-bond acceptors (Lipinski definition) is 3. The highest BCUT2D eigenvalue weighted by atomic mass is 16.3. The molecule has 4 heteroatoms. The molecule has 1 aliphatic heterocycles. The van der Waals surface area contributed by atoms with E-state index < -0.39 is 0 Å². The van der Waals surface area contributed by atoms with E-state index in [4.69, 9.17) is 4.42 Å². The Morgan fingerprint density at radius 2 is 1.83 bits per heavy atom. The molecule has 0 bridgehead atoms. The fraction of sp³-hybridized carbons (Fsp3) is 0.368. The van der Waals surface area contributed by atoms with Crippen molar-refractivity contribution in [1.29, 1.82) is 0 Å². The van der Waals surface area contributed by atoms with Gasteiger partial charge in [-0.1, -0.05) is 18.2 Å². The van der Waals surface area contributed by atoms with E-state index in [-0.39, 0.29) is 23.8 Å². The lowest BCUT2D eigenvalue weighted by Gasteiger charge is -2.39. The summed E-state index contributed by atoms with van der Waals surface area (Å²) >= 11 is 0. The van der Waals surface area contributed by atoms with Crippen LogP contribution >= 0.6 is 0 Å². The molecule has 0 radical (unpaired) electrons. The second-order valence-electron chi connectivity index (χ2n) is 6.21. The summed E-state index contributed by atoms with van der Waals surface area (Å²) in [6.07, 6.45) is 3.90. The number of carbonyl (C=O) groups excluding carboxylic acids is 2. The summed E-state index contributed by atoms with van der Waals surface area (Å²) < 4.78 is 5.51. The summed E-state index contributed by atoms with van der Waals surface area (Å²) in [6.45, 7) is 4.21. The van der Waals surface area contributed by atoms with E-state index in [1.807, 2.05) is 29.2 Å². The number of amides is 1. The molecule has 1 aliphatic rings. The number of likely N-dealkylation sites (tertiary alicyclic amines) is 1. The molecule has 2 heterocycles. The maximum atomic E-state index is 13.1. The van der Waals surface area contributed by atoms with Gasteiger partial charge in [-0.25, -0.2) is 0 Å². The molecule has 2 atom stereocenters. The molecule has 1 aromatic heterocycles. The Labute approximate surface area is 136 Å². The van der Waals surface area contributed by atoms with Gasteiger partial charge in [0.25, 0.3) is 5.91 Å². The van der Waals surface area contributed by atoms with Crippen molar-refractivity contribution in [2.45, 2.75) is 45.2 Å². The van der Waals surface area contributed by atoms with E-state index in [9.17, 15) is 9.59 Å². The minimum Gasteiger partial charge on any atom is -0.453 e. The molecular weight excluding hydrogens is 290 g/mol. The zero-order chi connectivity index (χ0) is 16.4. The van der Waals surface area contributed by atoms with Crippen LogP contribution in [0.4, 0.5) is 0 Å². The second-order valence-corrected chi connectivity index (χ2v) is 6.21. The third kappa shape index (κ3) is 2.93. The molecule has 0 spiro atoms. The Bertz CT molecular complexity index is 709. The number of carbonyl (C=O) groups is 2. The summed E-state index contributed by atoms with van der Waals surface area (Å²) in [4.78, 5) is 25.9. The standard InChI is InChI=1S/C19H21NO3/c1-13-6-5-7-14(2)20(13)19(22)17-9-4-3-8-16(17)18-11-10-15(12-21)23-18/h3-4,8-14H,5-7H2,1-2H3. The van der Waals surface area contributed by atoms with Gasteiger partial charge in [-0.05, 0) is 51.3 Å². The third-order valence-electron chi connectivity index (χ3n) is 4.59. The number of rotatable bonds is 3. The molecule has 1 fully saturated rings. The van der Waals surface area contributed by atoms with Crippen LogP contribution < -0.4 is 0 Å². The minimum atomic E-state index is 0.0318. The van der Waals surface area contributed by atoms with Gasteiger partial charge < -0.3 is 9.32 Å². The van der Waals surface area contributed by atoms with Gasteiger partial charge in [-0.3, -0.25) is 9.59 Å². The summed E-state index contributed by atoms with van der Waals surface area (Å²) in [5.74, 6) is 0.847. The molecule has 2 unspecified atom stereocenters. The molecule has 1 saturated heterocycles. The van der Waals surface area contributed by atoms with Crippen LogP contribution in [-0.4, -0.2) is 29.2 Å². The van der Waals surface area contributed by atoms with Crippen molar-refractivity contribution >= 4 is 12.2 Å². The highest BCUT2D eigenvalue weighted by Crippen LogP contribution is 2.30. The van der Waals surface area contributed by atoms with E-state index in [1.54, 1.807) is 12.1 Å². The highest BCUT2D eigenvalue weighted by molar-refractivity contribution is 6.00. The molecular formula is C19H21NO3. The third-order valence-corrected chi connectivity index (χ3v) is 4.59. The number of furan rings is 1. The summed E-state index contributed by atoms with van der Waals surface area (Å²) in [7, 11) is 0. The number of nitrogens with zero attached hydrogens (tertiary/aromatic N) is 1. The van der Waals surface area contributed by atoms with Gasteiger partial charge in [0.05, 0.1) is 5.56 Å². The topological polar surface area (TPSA) is 50.5 Å². The smallest absolute Gasteiger partial charge is 0.255 e. The van der Waals surface area contributed by atoms with Gasteiger partial charge in [0.1, 0.15) is 5.76 Å². The predicted octanol–water partition coefficient (Wildman–Crippen LogP) is 4.16. The zero-order valence-electron chi connectivity index (χ0n) is 13.5. The van der Waals surface area contributed by atoms with Crippen LogP contribution in [-0.2, 0) is 0 Å². The summed E-state index contributed by atoms with van der Waals surface area (Å²) in [6, 6.07) is 11.3. The summed E-state index contributed by atoms with van der Waals surface area (Å²) in [5, 5.41) is 0. The lowest BCUT2D eigenvalue weighted by molar-refractivity contribution is 0.0511. The van der Waals surface area contributed by atoms with E-state index in [0.29, 0.717) is 17.6 Å². The van der Waals surface area contributed by atoms with Crippen molar-refractivity contribution in [3.8, 4) is 11.3 Å². The van der Waals surface area contributed by atoms with Crippen LogP contribution in [0.3, 0.4) is 0 Å². The van der Waals surface area contributed by atoms with Crippen LogP contribution in [0.2, 0.25) is 0 Å². The van der Waals surface area contributed by atoms with E-state index in [1.165, 1.54) is 0 Å². The molecule has 4 nitrogen and oxygen atoms in total. The van der Waals surface area contributed by atoms with Crippen molar-refractivity contribution in [3.05, 3.63) is 47.7 Å². The van der Waals surface area contributed by atoms with E-state index >= 15 is 0 Å². The molecule has 1 amide bonds.